The summed E-state index contributed by atoms with van der Waals surface area (Å²) in [5, 5.41) is 2.64. The summed E-state index contributed by atoms with van der Waals surface area (Å²) in [5.41, 5.74) is -0.220. The van der Waals surface area contributed by atoms with Gasteiger partial charge < -0.3 is 14.8 Å². The van der Waals surface area contributed by atoms with Crippen molar-refractivity contribution in [3.63, 3.8) is 0 Å². The van der Waals surface area contributed by atoms with Crippen LogP contribution < -0.4 is 10.1 Å². The fourth-order valence-corrected chi connectivity index (χ4v) is 1.67. The van der Waals surface area contributed by atoms with Gasteiger partial charge in [0.05, 0.1) is 20.6 Å². The predicted molar refractivity (Wildman–Crippen MR) is 70.9 cm³/mol. The third-order valence-corrected chi connectivity index (χ3v) is 2.65. The third kappa shape index (κ3) is 4.28. The van der Waals surface area contributed by atoms with Crippen LogP contribution in [-0.4, -0.2) is 31.6 Å². The van der Waals surface area contributed by atoms with Gasteiger partial charge in [-0.05, 0) is 31.5 Å². The average Bonchev–Trinajstić information content (AvgIpc) is 2.37. The number of nitrogens with one attached hydrogen (secondary N) is 1. The first-order valence-corrected chi connectivity index (χ1v) is 5.91. The van der Waals surface area contributed by atoms with Gasteiger partial charge in [-0.1, -0.05) is 12.1 Å². The zero-order chi connectivity index (χ0) is 14.5. The lowest BCUT2D eigenvalue weighted by atomic mass is 10.0. The molecule has 0 saturated heterocycles. The standard InChI is InChI=1S/C14H19NO4/c1-14(2,13(17)19-4)15-12(16)9-10-6-5-7-11(8-10)18-3/h5-8H,9H2,1-4H3,(H,15,16). The van der Waals surface area contributed by atoms with Crippen LogP contribution in [0.15, 0.2) is 24.3 Å². The smallest absolute Gasteiger partial charge is 0.330 e. The van der Waals surface area contributed by atoms with Crippen molar-refractivity contribution in [3.05, 3.63) is 29.8 Å². The first-order valence-electron chi connectivity index (χ1n) is 5.91. The number of rotatable bonds is 5. The van der Waals surface area contributed by atoms with Gasteiger partial charge in [-0.15, -0.1) is 0 Å². The molecule has 104 valence electrons. The molecule has 0 aromatic heterocycles. The van der Waals surface area contributed by atoms with Gasteiger partial charge in [0.2, 0.25) is 5.91 Å². The highest BCUT2D eigenvalue weighted by molar-refractivity contribution is 5.88. The summed E-state index contributed by atoms with van der Waals surface area (Å²) in [6.07, 6.45) is 0.178. The van der Waals surface area contributed by atoms with E-state index in [0.29, 0.717) is 5.75 Å². The Hall–Kier alpha value is -2.04. The van der Waals surface area contributed by atoms with Gasteiger partial charge >= 0.3 is 5.97 Å². The number of benzene rings is 1. The largest absolute Gasteiger partial charge is 0.497 e. The molecular weight excluding hydrogens is 246 g/mol. The Morgan fingerprint density at radius 3 is 2.53 bits per heavy atom. The Morgan fingerprint density at radius 1 is 1.26 bits per heavy atom. The number of carbonyl (C=O) groups is 2. The van der Waals surface area contributed by atoms with E-state index in [1.165, 1.54) is 7.11 Å². The van der Waals surface area contributed by atoms with Crippen molar-refractivity contribution in [2.24, 2.45) is 0 Å². The predicted octanol–water partition coefficient (Wildman–Crippen LogP) is 1.31. The van der Waals surface area contributed by atoms with E-state index in [2.05, 4.69) is 10.1 Å². The number of ether oxygens (including phenoxy) is 2. The minimum absolute atomic E-state index is 0.178. The normalized spacial score (nSPS) is 10.7. The number of amides is 1. The van der Waals surface area contributed by atoms with Gasteiger partial charge in [0.1, 0.15) is 11.3 Å². The summed E-state index contributed by atoms with van der Waals surface area (Å²) < 4.78 is 9.72. The topological polar surface area (TPSA) is 64.6 Å². The van der Waals surface area contributed by atoms with Gasteiger partial charge in [0.25, 0.3) is 0 Å². The van der Waals surface area contributed by atoms with E-state index in [9.17, 15) is 9.59 Å². The van der Waals surface area contributed by atoms with Crippen molar-refractivity contribution in [3.8, 4) is 5.75 Å². The summed E-state index contributed by atoms with van der Waals surface area (Å²) in [6.45, 7) is 3.20. The highest BCUT2D eigenvalue weighted by Crippen LogP contribution is 2.13. The first kappa shape index (κ1) is 15.0. The molecule has 0 fully saturated rings. The van der Waals surface area contributed by atoms with Crippen LogP contribution in [0.3, 0.4) is 0 Å². The SMILES string of the molecule is COC(=O)C(C)(C)NC(=O)Cc1cccc(OC)c1. The molecule has 0 aliphatic carbocycles. The Bertz CT molecular complexity index is 468. The van der Waals surface area contributed by atoms with E-state index in [0.717, 1.165) is 5.56 Å². The second kappa shape index (κ2) is 6.22. The van der Waals surface area contributed by atoms with Crippen LogP contribution in [0.5, 0.6) is 5.75 Å². The quantitative estimate of drug-likeness (QED) is 0.815. The van der Waals surface area contributed by atoms with Gasteiger partial charge in [-0.2, -0.15) is 0 Å². The molecule has 0 radical (unpaired) electrons. The lowest BCUT2D eigenvalue weighted by Crippen LogP contribution is -2.50. The van der Waals surface area contributed by atoms with Gasteiger partial charge in [0, 0.05) is 0 Å². The van der Waals surface area contributed by atoms with E-state index < -0.39 is 11.5 Å². The molecule has 0 aliphatic rings. The molecular formula is C14H19NO4. The van der Waals surface area contributed by atoms with Crippen molar-refractivity contribution >= 4 is 11.9 Å². The van der Waals surface area contributed by atoms with Crippen molar-refractivity contribution in [2.45, 2.75) is 25.8 Å². The number of methoxy groups -OCH3 is 2. The summed E-state index contributed by atoms with van der Waals surface area (Å²) in [6, 6.07) is 7.23. The van der Waals surface area contributed by atoms with Gasteiger partial charge in [-0.3, -0.25) is 4.79 Å². The molecule has 1 N–H and O–H groups in total. The van der Waals surface area contributed by atoms with E-state index in [1.807, 2.05) is 12.1 Å². The molecule has 0 bridgehead atoms. The molecule has 0 unspecified atom stereocenters. The summed E-state index contributed by atoms with van der Waals surface area (Å²) in [7, 11) is 2.86. The molecule has 0 aliphatic heterocycles. The van der Waals surface area contributed by atoms with Crippen LogP contribution in [0.25, 0.3) is 0 Å². The van der Waals surface area contributed by atoms with Crippen LogP contribution in [0.4, 0.5) is 0 Å². The number of hydrogen-bond donors (Lipinski definition) is 1. The molecule has 1 aromatic rings. The maximum atomic E-state index is 11.9. The van der Waals surface area contributed by atoms with Crippen LogP contribution in [0, 0.1) is 0 Å². The van der Waals surface area contributed by atoms with E-state index in [1.54, 1.807) is 33.1 Å². The van der Waals surface area contributed by atoms with Gasteiger partial charge in [0.15, 0.2) is 0 Å². The number of carbonyl (C=O) groups excluding carboxylic acids is 2. The second-order valence-electron chi connectivity index (χ2n) is 4.69. The second-order valence-corrected chi connectivity index (χ2v) is 4.69. The zero-order valence-electron chi connectivity index (χ0n) is 11.6. The minimum atomic E-state index is -1.04. The third-order valence-electron chi connectivity index (χ3n) is 2.65. The lowest BCUT2D eigenvalue weighted by molar-refractivity contribution is -0.149. The molecule has 0 atom stereocenters. The maximum Gasteiger partial charge on any atom is 0.330 e. The molecule has 0 saturated carbocycles. The van der Waals surface area contributed by atoms with Gasteiger partial charge in [-0.25, -0.2) is 4.79 Å². The first-order chi connectivity index (χ1) is 8.89. The highest BCUT2D eigenvalue weighted by Gasteiger charge is 2.30. The Morgan fingerprint density at radius 2 is 1.95 bits per heavy atom. The number of esters is 1. The van der Waals surface area contributed by atoms with E-state index in [-0.39, 0.29) is 12.3 Å². The van der Waals surface area contributed by atoms with Crippen molar-refractivity contribution in [1.82, 2.24) is 5.32 Å². The van der Waals surface area contributed by atoms with Crippen LogP contribution in [-0.2, 0) is 20.7 Å². The minimum Gasteiger partial charge on any atom is -0.497 e. The average molecular weight is 265 g/mol. The summed E-state index contributed by atoms with van der Waals surface area (Å²) in [4.78, 5) is 23.4. The molecule has 1 amide bonds. The molecule has 19 heavy (non-hydrogen) atoms. The molecule has 5 nitrogen and oxygen atoms in total. The molecule has 1 aromatic carbocycles. The zero-order valence-corrected chi connectivity index (χ0v) is 11.6. The molecule has 5 heteroatoms. The fourth-order valence-electron chi connectivity index (χ4n) is 1.67. The fraction of sp³-hybridized carbons (Fsp3) is 0.429. The molecule has 0 heterocycles. The Labute approximate surface area is 112 Å². The van der Waals surface area contributed by atoms with Crippen molar-refractivity contribution in [2.75, 3.05) is 14.2 Å². The molecule has 1 rings (SSSR count). The lowest BCUT2D eigenvalue weighted by Gasteiger charge is -2.23. The summed E-state index contributed by atoms with van der Waals surface area (Å²) >= 11 is 0. The monoisotopic (exact) mass is 265 g/mol. The van der Waals surface area contributed by atoms with Crippen molar-refractivity contribution < 1.29 is 19.1 Å². The van der Waals surface area contributed by atoms with E-state index >= 15 is 0 Å². The van der Waals surface area contributed by atoms with E-state index in [4.69, 9.17) is 4.74 Å². The Kier molecular flexibility index (Phi) is 4.92. The van der Waals surface area contributed by atoms with Crippen LogP contribution >= 0.6 is 0 Å². The van der Waals surface area contributed by atoms with Crippen LogP contribution in [0.1, 0.15) is 19.4 Å². The van der Waals surface area contributed by atoms with Crippen molar-refractivity contribution in [1.29, 1.82) is 0 Å². The Balaban J connectivity index is 2.67. The van der Waals surface area contributed by atoms with Crippen LogP contribution in [0.2, 0.25) is 0 Å². The highest BCUT2D eigenvalue weighted by atomic mass is 16.5. The molecule has 0 spiro atoms. The maximum absolute atomic E-state index is 11.9. The number of hydrogen-bond acceptors (Lipinski definition) is 4. The summed E-state index contributed by atoms with van der Waals surface area (Å²) in [5.74, 6) is -0.0346.